The molecule has 9 nitrogen and oxygen atoms in total. The van der Waals surface area contributed by atoms with E-state index in [0.29, 0.717) is 23.9 Å². The van der Waals surface area contributed by atoms with E-state index in [-0.39, 0.29) is 23.6 Å². The molecule has 4 saturated carbocycles. The summed E-state index contributed by atoms with van der Waals surface area (Å²) in [4.78, 5) is 57.0. The van der Waals surface area contributed by atoms with Gasteiger partial charge in [0.1, 0.15) is 11.9 Å². The van der Waals surface area contributed by atoms with Crippen molar-refractivity contribution in [1.29, 1.82) is 0 Å². The predicted octanol–water partition coefficient (Wildman–Crippen LogP) is 7.22. The number of para-hydroxylation sites is 1. The van der Waals surface area contributed by atoms with Crippen LogP contribution in [0.2, 0.25) is 0 Å². The predicted molar refractivity (Wildman–Crippen MR) is 202 cm³/mol. The van der Waals surface area contributed by atoms with E-state index in [1.807, 2.05) is 36.4 Å². The van der Waals surface area contributed by atoms with E-state index >= 15 is 0 Å². The molecule has 0 radical (unpaired) electrons. The lowest BCUT2D eigenvalue weighted by molar-refractivity contribution is -0.154. The minimum atomic E-state index is -0.836. The molecular formula is C42H53ClN4O5. The van der Waals surface area contributed by atoms with Gasteiger partial charge < -0.3 is 25.3 Å². The molecule has 2 aromatic carbocycles. The van der Waals surface area contributed by atoms with Gasteiger partial charge in [-0.1, -0.05) is 56.0 Å². The molecule has 3 N–H and O–H groups in total. The number of fused-ring (bicyclic) bond motifs is 3. The molecule has 1 aliphatic heterocycles. The topological polar surface area (TPSA) is 121 Å². The van der Waals surface area contributed by atoms with Gasteiger partial charge in [0.2, 0.25) is 11.8 Å². The van der Waals surface area contributed by atoms with Gasteiger partial charge >= 0.3 is 5.97 Å². The van der Waals surface area contributed by atoms with Gasteiger partial charge in [0.25, 0.3) is 5.91 Å². The maximum absolute atomic E-state index is 13.3. The zero-order chi connectivity index (χ0) is 36.2. The summed E-state index contributed by atoms with van der Waals surface area (Å²) in [5, 5.41) is 7.25. The van der Waals surface area contributed by atoms with Crippen molar-refractivity contribution >= 4 is 46.2 Å². The highest BCUT2D eigenvalue weighted by molar-refractivity contribution is 6.27. The molecule has 3 aromatic rings. The number of esters is 1. The lowest BCUT2D eigenvalue weighted by Gasteiger charge is -2.56. The minimum Gasteiger partial charge on any atom is -0.467 e. The Labute approximate surface area is 311 Å². The molecule has 10 heteroatoms. The average Bonchev–Trinajstić information content (AvgIpc) is 3.51. The van der Waals surface area contributed by atoms with Crippen LogP contribution in [0.5, 0.6) is 0 Å². The molecule has 2 atom stereocenters. The van der Waals surface area contributed by atoms with Gasteiger partial charge in [-0.05, 0) is 104 Å². The zero-order valence-corrected chi connectivity index (χ0v) is 31.1. The summed E-state index contributed by atoms with van der Waals surface area (Å²) in [7, 11) is 1.32. The normalized spacial score (nSPS) is 25.9. The van der Waals surface area contributed by atoms with Crippen molar-refractivity contribution in [2.75, 3.05) is 26.1 Å². The number of H-pyrrole nitrogens is 1. The maximum Gasteiger partial charge on any atom is 0.328 e. The summed E-state index contributed by atoms with van der Waals surface area (Å²) < 4.78 is 5.13. The van der Waals surface area contributed by atoms with E-state index < -0.39 is 18.1 Å². The second-order valence-electron chi connectivity index (χ2n) is 16.1. The number of alkyl halides is 1. The van der Waals surface area contributed by atoms with Crippen molar-refractivity contribution in [3.05, 3.63) is 70.9 Å². The van der Waals surface area contributed by atoms with Crippen molar-refractivity contribution < 1.29 is 23.9 Å². The Morgan fingerprint density at radius 2 is 1.46 bits per heavy atom. The van der Waals surface area contributed by atoms with Gasteiger partial charge in [0.05, 0.1) is 13.2 Å². The number of unbranched alkanes of at least 4 members (excludes halogenated alkanes) is 5. The third kappa shape index (κ3) is 7.75. The highest BCUT2D eigenvalue weighted by atomic mass is 35.5. The second-order valence-corrected chi connectivity index (χ2v) is 16.4. The van der Waals surface area contributed by atoms with E-state index in [1.54, 1.807) is 12.1 Å². The molecule has 0 unspecified atom stereocenters. The van der Waals surface area contributed by atoms with Crippen LogP contribution >= 0.6 is 11.6 Å². The standard InChI is InChI=1S/C42H53ClN4O5/c1-52-41(51)35-21-33-32-10-6-7-11-34(32)46-38(33)39(47(35)37(49)26-43)30-12-14-31(15-13-30)40(50)45-17-9-5-3-2-4-8-16-44-36(48)25-42-22-27-18-28(23-42)20-29(19-27)24-42/h6-7,10-15,27-29,35,39,46H,2-5,8-9,16-26H2,1H3,(H,44,48)(H,45,50)/t27?,28?,29?,35-,39+,42?/m1/s1. The Bertz CT molecular complexity index is 1730. The summed E-state index contributed by atoms with van der Waals surface area (Å²) in [6, 6.07) is 13.6. The van der Waals surface area contributed by atoms with Crippen LogP contribution in [0.25, 0.3) is 10.9 Å². The quantitative estimate of drug-likeness (QED) is 0.0868. The molecule has 3 amide bonds. The number of hydrogen-bond donors (Lipinski definition) is 3. The van der Waals surface area contributed by atoms with E-state index in [4.69, 9.17) is 16.3 Å². The molecule has 52 heavy (non-hydrogen) atoms. The molecular weight excluding hydrogens is 676 g/mol. The summed E-state index contributed by atoms with van der Waals surface area (Å²) in [6.07, 6.45) is 15.4. The molecule has 278 valence electrons. The molecule has 4 aliphatic carbocycles. The number of aromatic amines is 1. The first kappa shape index (κ1) is 36.5. The van der Waals surface area contributed by atoms with Gasteiger partial charge in [-0.3, -0.25) is 14.4 Å². The monoisotopic (exact) mass is 728 g/mol. The number of carbonyl (C=O) groups excluding carboxylic acids is 4. The lowest BCUT2D eigenvalue weighted by Crippen LogP contribution is -2.52. The molecule has 4 bridgehead atoms. The number of hydrogen-bond acceptors (Lipinski definition) is 5. The molecule has 5 aliphatic rings. The highest BCUT2D eigenvalue weighted by Crippen LogP contribution is 2.61. The SMILES string of the molecule is COC(=O)[C@H]1Cc2c([nH]c3ccccc23)[C@H](c2ccc(C(=O)NCCCCCCCCNC(=O)CC34CC5CC(CC(C5)C3)C4)cc2)N1C(=O)CCl. The molecule has 8 rings (SSSR count). The fourth-order valence-corrected chi connectivity index (χ4v) is 10.7. The summed E-state index contributed by atoms with van der Waals surface area (Å²) >= 11 is 6.07. The Hall–Kier alpha value is -3.85. The van der Waals surface area contributed by atoms with Crippen molar-refractivity contribution in [2.45, 2.75) is 102 Å². The summed E-state index contributed by atoms with van der Waals surface area (Å²) in [6.45, 7) is 1.37. The number of nitrogens with zero attached hydrogens (tertiary/aromatic N) is 1. The van der Waals surface area contributed by atoms with Crippen LogP contribution in [0, 0.1) is 23.2 Å². The molecule has 1 aromatic heterocycles. The molecule has 4 fully saturated rings. The fraction of sp³-hybridized carbons (Fsp3) is 0.571. The van der Waals surface area contributed by atoms with Gasteiger partial charge in [0, 0.05) is 48.1 Å². The number of nitrogens with one attached hydrogen (secondary N) is 3. The maximum atomic E-state index is 13.3. The van der Waals surface area contributed by atoms with E-state index in [0.717, 1.165) is 97.0 Å². The number of benzene rings is 2. The number of rotatable bonds is 15. The van der Waals surface area contributed by atoms with Crippen LogP contribution in [0.3, 0.4) is 0 Å². The smallest absolute Gasteiger partial charge is 0.328 e. The van der Waals surface area contributed by atoms with Crippen molar-refractivity contribution in [2.24, 2.45) is 23.2 Å². The zero-order valence-electron chi connectivity index (χ0n) is 30.4. The van der Waals surface area contributed by atoms with Crippen LogP contribution in [0.4, 0.5) is 0 Å². The average molecular weight is 729 g/mol. The van der Waals surface area contributed by atoms with Crippen LogP contribution in [-0.4, -0.2) is 65.7 Å². The Kier molecular flexibility index (Phi) is 11.3. The second kappa shape index (κ2) is 16.0. The largest absolute Gasteiger partial charge is 0.467 e. The van der Waals surface area contributed by atoms with E-state index in [1.165, 1.54) is 50.5 Å². The Morgan fingerprint density at radius 1 is 0.846 bits per heavy atom. The lowest BCUT2D eigenvalue weighted by atomic mass is 9.49. The third-order valence-electron chi connectivity index (χ3n) is 12.4. The van der Waals surface area contributed by atoms with Crippen LogP contribution in [-0.2, 0) is 25.5 Å². The van der Waals surface area contributed by atoms with Gasteiger partial charge in [0.15, 0.2) is 0 Å². The molecule has 0 saturated heterocycles. The summed E-state index contributed by atoms with van der Waals surface area (Å²) in [5.41, 5.74) is 4.31. The van der Waals surface area contributed by atoms with Crippen molar-refractivity contribution in [3.63, 3.8) is 0 Å². The number of amides is 3. The van der Waals surface area contributed by atoms with Crippen LogP contribution in [0.15, 0.2) is 48.5 Å². The number of ether oxygens (including phenoxy) is 1. The molecule has 0 spiro atoms. The first-order valence-corrected chi connectivity index (χ1v) is 20.0. The number of methoxy groups -OCH3 is 1. The number of halogens is 1. The van der Waals surface area contributed by atoms with Gasteiger partial charge in [-0.2, -0.15) is 0 Å². The van der Waals surface area contributed by atoms with E-state index in [2.05, 4.69) is 15.6 Å². The third-order valence-corrected chi connectivity index (χ3v) is 12.6. The fourth-order valence-electron chi connectivity index (χ4n) is 10.5. The van der Waals surface area contributed by atoms with E-state index in [9.17, 15) is 19.2 Å². The minimum absolute atomic E-state index is 0.146. The van der Waals surface area contributed by atoms with Gasteiger partial charge in [-0.25, -0.2) is 4.79 Å². The number of carbonyl (C=O) groups is 4. The van der Waals surface area contributed by atoms with Crippen molar-refractivity contribution in [3.8, 4) is 0 Å². The van der Waals surface area contributed by atoms with Crippen LogP contribution in [0.1, 0.15) is 117 Å². The summed E-state index contributed by atoms with van der Waals surface area (Å²) in [5.74, 6) is 1.62. The van der Waals surface area contributed by atoms with Gasteiger partial charge in [-0.15, -0.1) is 11.6 Å². The van der Waals surface area contributed by atoms with Crippen molar-refractivity contribution in [1.82, 2.24) is 20.5 Å². The first-order chi connectivity index (χ1) is 25.3. The Balaban J connectivity index is 0.847. The van der Waals surface area contributed by atoms with Crippen LogP contribution < -0.4 is 10.6 Å². The number of aromatic nitrogens is 1. The first-order valence-electron chi connectivity index (χ1n) is 19.5. The Morgan fingerprint density at radius 3 is 2.10 bits per heavy atom. The highest BCUT2D eigenvalue weighted by Gasteiger charge is 2.51. The molecule has 2 heterocycles.